The Morgan fingerprint density at radius 3 is 2.45 bits per heavy atom. The maximum absolute atomic E-state index is 12.1. The number of aliphatic carboxylic acids is 1. The molecule has 2 N–H and O–H groups in total. The van der Waals surface area contributed by atoms with Crippen LogP contribution >= 0.6 is 0 Å². The molecule has 108 valence electrons. The zero-order chi connectivity index (χ0) is 15.4. The highest BCUT2D eigenvalue weighted by Gasteiger charge is 2.30. The van der Waals surface area contributed by atoms with E-state index in [-0.39, 0.29) is 6.29 Å². The molecule has 0 spiro atoms. The number of carbonyl (C=O) groups excluding carboxylic acids is 1. The lowest BCUT2D eigenvalue weighted by molar-refractivity contribution is -0.386. The normalized spacial score (nSPS) is 12.0. The van der Waals surface area contributed by atoms with Gasteiger partial charge in [0.05, 0.1) is 4.92 Å². The number of nitro groups is 1. The van der Waals surface area contributed by atoms with Crippen molar-refractivity contribution in [3.05, 3.63) is 33.4 Å². The number of ether oxygens (including phenoxy) is 1. The maximum atomic E-state index is 12.1. The molecule has 0 heterocycles. The van der Waals surface area contributed by atoms with Crippen molar-refractivity contribution < 1.29 is 38.2 Å². The Morgan fingerprint density at radius 2 is 2.05 bits per heavy atom. The van der Waals surface area contributed by atoms with Gasteiger partial charge in [0.1, 0.15) is 5.56 Å². The summed E-state index contributed by atoms with van der Waals surface area (Å²) in [4.78, 5) is 31.1. The molecular weight excluding hydrogens is 284 g/mol. The summed E-state index contributed by atoms with van der Waals surface area (Å²) in [6, 6.07) is 1.46. The molecule has 0 aliphatic rings. The van der Waals surface area contributed by atoms with E-state index in [2.05, 4.69) is 4.74 Å². The van der Waals surface area contributed by atoms with Crippen LogP contribution in [0.15, 0.2) is 12.1 Å². The number of aldehydes is 1. The fraction of sp³-hybridized carbons (Fsp3) is 0.200. The number of aliphatic hydroxyl groups excluding tert-OH is 1. The zero-order valence-electron chi connectivity index (χ0n) is 9.53. The Kier molecular flexibility index (Phi) is 4.64. The van der Waals surface area contributed by atoms with Gasteiger partial charge < -0.3 is 14.9 Å². The van der Waals surface area contributed by atoms with Gasteiger partial charge in [-0.2, -0.15) is 8.78 Å². The van der Waals surface area contributed by atoms with Crippen LogP contribution < -0.4 is 4.74 Å². The fourth-order valence-electron chi connectivity index (χ4n) is 1.48. The van der Waals surface area contributed by atoms with Gasteiger partial charge in [-0.15, -0.1) is 0 Å². The van der Waals surface area contributed by atoms with Gasteiger partial charge in [-0.1, -0.05) is 6.07 Å². The summed E-state index contributed by atoms with van der Waals surface area (Å²) in [5.74, 6) is -2.67. The van der Waals surface area contributed by atoms with Crippen molar-refractivity contribution >= 4 is 17.9 Å². The van der Waals surface area contributed by atoms with Crippen LogP contribution in [0, 0.1) is 10.1 Å². The predicted octanol–water partition coefficient (Wildman–Crippen LogP) is 1.13. The largest absolute Gasteiger partial charge is 0.479 e. The Labute approximate surface area is 109 Å². The maximum Gasteiger partial charge on any atom is 0.387 e. The van der Waals surface area contributed by atoms with E-state index in [1.54, 1.807) is 0 Å². The van der Waals surface area contributed by atoms with Crippen LogP contribution in [0.25, 0.3) is 0 Å². The van der Waals surface area contributed by atoms with E-state index in [0.29, 0.717) is 6.07 Å². The zero-order valence-corrected chi connectivity index (χ0v) is 9.53. The van der Waals surface area contributed by atoms with Gasteiger partial charge in [0.2, 0.25) is 5.75 Å². The number of hydrogen-bond acceptors (Lipinski definition) is 6. The first-order valence-corrected chi connectivity index (χ1v) is 4.91. The monoisotopic (exact) mass is 291 g/mol. The Hall–Kier alpha value is -2.62. The third-order valence-electron chi connectivity index (χ3n) is 2.26. The lowest BCUT2D eigenvalue weighted by Crippen LogP contribution is -2.15. The Morgan fingerprint density at radius 1 is 1.45 bits per heavy atom. The molecule has 0 saturated heterocycles. The van der Waals surface area contributed by atoms with E-state index in [1.165, 1.54) is 0 Å². The molecule has 1 aromatic carbocycles. The molecule has 8 nitrogen and oxygen atoms in total. The second kappa shape index (κ2) is 6.02. The molecule has 1 aromatic rings. The Bertz CT molecular complexity index is 561. The second-order valence-electron chi connectivity index (χ2n) is 3.41. The standard InChI is InChI=1S/C10H7F2NO7/c11-10(12)20-6-2-1-4(8(15)9(16)17)5(3-14)7(6)13(18)19/h1-3,8,10,15H,(H,16,17). The molecule has 0 aliphatic carbocycles. The smallest absolute Gasteiger partial charge is 0.387 e. The molecule has 0 amide bonds. The summed E-state index contributed by atoms with van der Waals surface area (Å²) in [6.45, 7) is -3.37. The van der Waals surface area contributed by atoms with E-state index in [4.69, 9.17) is 5.11 Å². The van der Waals surface area contributed by atoms with Crippen molar-refractivity contribution in [2.45, 2.75) is 12.7 Å². The average molecular weight is 291 g/mol. The van der Waals surface area contributed by atoms with Crippen molar-refractivity contribution in [2.24, 2.45) is 0 Å². The minimum atomic E-state index is -3.37. The van der Waals surface area contributed by atoms with Gasteiger partial charge in [-0.05, 0) is 6.07 Å². The van der Waals surface area contributed by atoms with Crippen LogP contribution in [0.1, 0.15) is 22.0 Å². The molecule has 0 bridgehead atoms. The van der Waals surface area contributed by atoms with Gasteiger partial charge in [-0.3, -0.25) is 14.9 Å². The van der Waals surface area contributed by atoms with Crippen molar-refractivity contribution in [1.29, 1.82) is 0 Å². The lowest BCUT2D eigenvalue weighted by atomic mass is 10.0. The molecule has 0 fully saturated rings. The first-order valence-electron chi connectivity index (χ1n) is 4.91. The number of benzene rings is 1. The topological polar surface area (TPSA) is 127 Å². The summed E-state index contributed by atoms with van der Waals surface area (Å²) in [5, 5.41) is 28.8. The fourth-order valence-corrected chi connectivity index (χ4v) is 1.48. The second-order valence-corrected chi connectivity index (χ2v) is 3.41. The number of hydrogen-bond donors (Lipinski definition) is 2. The molecular formula is C10H7F2NO7. The molecule has 10 heteroatoms. The summed E-state index contributed by atoms with van der Waals surface area (Å²) in [6.07, 6.45) is -2.33. The number of alkyl halides is 2. The highest BCUT2D eigenvalue weighted by molar-refractivity contribution is 5.89. The first kappa shape index (κ1) is 15.4. The molecule has 0 aromatic heterocycles. The van der Waals surface area contributed by atoms with Crippen molar-refractivity contribution in [3.63, 3.8) is 0 Å². The van der Waals surface area contributed by atoms with Gasteiger partial charge in [0.15, 0.2) is 12.4 Å². The number of rotatable bonds is 6. The molecule has 20 heavy (non-hydrogen) atoms. The third-order valence-corrected chi connectivity index (χ3v) is 2.26. The number of aliphatic hydroxyl groups is 1. The number of nitro benzene ring substituents is 1. The van der Waals surface area contributed by atoms with Crippen LogP contribution in [0.5, 0.6) is 5.75 Å². The molecule has 1 rings (SSSR count). The van der Waals surface area contributed by atoms with Gasteiger partial charge in [0.25, 0.3) is 0 Å². The van der Waals surface area contributed by atoms with Gasteiger partial charge >= 0.3 is 18.3 Å². The van der Waals surface area contributed by atoms with Crippen LogP contribution in [-0.2, 0) is 4.79 Å². The number of carboxylic acids is 1. The number of halogens is 2. The molecule has 0 aliphatic heterocycles. The first-order chi connectivity index (χ1) is 9.29. The van der Waals surface area contributed by atoms with Crippen molar-refractivity contribution in [3.8, 4) is 5.75 Å². The van der Waals surface area contributed by atoms with E-state index in [9.17, 15) is 33.6 Å². The summed E-state index contributed by atoms with van der Waals surface area (Å²) < 4.78 is 28.1. The van der Waals surface area contributed by atoms with E-state index >= 15 is 0 Å². The third kappa shape index (κ3) is 3.03. The van der Waals surface area contributed by atoms with Crippen molar-refractivity contribution in [2.75, 3.05) is 0 Å². The summed E-state index contributed by atoms with van der Waals surface area (Å²) in [5.41, 5.74) is -2.58. The van der Waals surface area contributed by atoms with Crippen LogP contribution in [-0.4, -0.2) is 34.0 Å². The van der Waals surface area contributed by atoms with Crippen LogP contribution in [0.4, 0.5) is 14.5 Å². The highest BCUT2D eigenvalue weighted by Crippen LogP contribution is 2.35. The van der Waals surface area contributed by atoms with E-state index in [0.717, 1.165) is 6.07 Å². The van der Waals surface area contributed by atoms with Crippen molar-refractivity contribution in [1.82, 2.24) is 0 Å². The summed E-state index contributed by atoms with van der Waals surface area (Å²) in [7, 11) is 0. The number of nitrogens with zero attached hydrogens (tertiary/aromatic N) is 1. The van der Waals surface area contributed by atoms with Gasteiger partial charge in [-0.25, -0.2) is 4.79 Å². The predicted molar refractivity (Wildman–Crippen MR) is 57.7 cm³/mol. The van der Waals surface area contributed by atoms with E-state index < -0.39 is 46.2 Å². The molecule has 0 radical (unpaired) electrons. The Balaban J connectivity index is 3.53. The summed E-state index contributed by atoms with van der Waals surface area (Å²) >= 11 is 0. The highest BCUT2D eigenvalue weighted by atomic mass is 19.3. The number of carbonyl (C=O) groups is 2. The quantitative estimate of drug-likeness (QED) is 0.456. The number of carboxylic acid groups (broad SMARTS) is 1. The van der Waals surface area contributed by atoms with Gasteiger partial charge in [0, 0.05) is 5.56 Å². The van der Waals surface area contributed by atoms with E-state index in [1.807, 2.05) is 0 Å². The van der Waals surface area contributed by atoms with Crippen LogP contribution in [0.2, 0.25) is 0 Å². The molecule has 1 atom stereocenters. The van der Waals surface area contributed by atoms with Crippen LogP contribution in [0.3, 0.4) is 0 Å². The SMILES string of the molecule is O=Cc1c(C(O)C(=O)O)ccc(OC(F)F)c1[N+](=O)[O-]. The minimum absolute atomic E-state index is 0.113. The molecule has 0 saturated carbocycles. The molecule has 1 unspecified atom stereocenters. The lowest BCUT2D eigenvalue weighted by Gasteiger charge is -2.12. The minimum Gasteiger partial charge on any atom is -0.479 e. The average Bonchev–Trinajstić information content (AvgIpc) is 2.35.